The summed E-state index contributed by atoms with van der Waals surface area (Å²) in [4.78, 5) is 9.42. The summed E-state index contributed by atoms with van der Waals surface area (Å²) in [6.45, 7) is 1.37. The number of alkyl halides is 5. The maximum absolute atomic E-state index is 12.6. The average Bonchev–Trinajstić information content (AvgIpc) is 2.65. The van der Waals surface area contributed by atoms with Gasteiger partial charge in [0.25, 0.3) is 6.43 Å². The number of guanidine groups is 1. The molecule has 29 heavy (non-hydrogen) atoms. The molecule has 6 nitrogen and oxygen atoms in total. The number of aromatic nitrogens is 1. The second-order valence-corrected chi connectivity index (χ2v) is 6.87. The van der Waals surface area contributed by atoms with Crippen LogP contribution in [0.2, 0.25) is 5.02 Å². The lowest BCUT2D eigenvalue weighted by atomic mass is 10.1. The van der Waals surface area contributed by atoms with Crippen LogP contribution in [0.3, 0.4) is 0 Å². The molecule has 2 rings (SSSR count). The topological polar surface area (TPSA) is 61.8 Å². The van der Waals surface area contributed by atoms with Crippen LogP contribution < -0.4 is 15.4 Å². The van der Waals surface area contributed by atoms with Crippen LogP contribution in [0.15, 0.2) is 17.3 Å². The number of piperidine rings is 1. The van der Waals surface area contributed by atoms with E-state index in [4.69, 9.17) is 16.3 Å². The Morgan fingerprint density at radius 2 is 2.07 bits per heavy atom. The van der Waals surface area contributed by atoms with Gasteiger partial charge in [-0.05, 0) is 18.9 Å². The Bertz CT molecular complexity index is 681. The molecule has 1 aromatic rings. The molecule has 1 aliphatic heterocycles. The van der Waals surface area contributed by atoms with Gasteiger partial charge in [0.2, 0.25) is 5.88 Å². The molecule has 1 aliphatic rings. The first-order valence-corrected chi connectivity index (χ1v) is 9.40. The maximum atomic E-state index is 12.6. The smallest absolute Gasteiger partial charge is 0.417 e. The highest BCUT2D eigenvalue weighted by molar-refractivity contribution is 6.31. The summed E-state index contributed by atoms with van der Waals surface area (Å²) in [6, 6.07) is 0.875. The summed E-state index contributed by atoms with van der Waals surface area (Å²) in [5.41, 5.74) is -0.947. The van der Waals surface area contributed by atoms with Crippen LogP contribution in [0.4, 0.5) is 22.0 Å². The average molecular weight is 444 g/mol. The number of nitrogens with zero attached hydrogens (tertiary/aromatic N) is 3. The molecular weight excluding hydrogens is 421 g/mol. The third-order valence-electron chi connectivity index (χ3n) is 4.32. The molecule has 1 saturated heterocycles. The van der Waals surface area contributed by atoms with Crippen LogP contribution in [0, 0.1) is 0 Å². The minimum Gasteiger partial charge on any atom is -0.475 e. The molecule has 0 aliphatic carbocycles. The number of likely N-dealkylation sites (tertiary alicyclic amines) is 1. The van der Waals surface area contributed by atoms with Crippen LogP contribution in [-0.4, -0.2) is 68.1 Å². The molecule has 0 aromatic carbocycles. The largest absolute Gasteiger partial charge is 0.475 e. The number of hydrogen-bond donors (Lipinski definition) is 2. The number of nitrogens with one attached hydrogen (secondary N) is 2. The van der Waals surface area contributed by atoms with Gasteiger partial charge in [0.05, 0.1) is 18.7 Å². The standard InChI is InChI=1S/C17H23ClF5N5O/c1-24-16(27-12-2-5-28(6-3-12)10-14(19)20)25-4-7-29-15-13(18)8-11(9-26-15)17(21,22)23/h8-9,12,14H,2-7,10H2,1H3,(H2,24,25,27). The second-order valence-electron chi connectivity index (χ2n) is 6.47. The van der Waals surface area contributed by atoms with Crippen molar-refractivity contribution in [2.45, 2.75) is 31.5 Å². The Kier molecular flexibility index (Phi) is 8.69. The van der Waals surface area contributed by atoms with E-state index in [1.807, 2.05) is 0 Å². The molecule has 164 valence electrons. The summed E-state index contributed by atoms with van der Waals surface area (Å²) in [5, 5.41) is 6.01. The fraction of sp³-hybridized carbons (Fsp3) is 0.647. The normalized spacial score (nSPS) is 16.9. The predicted octanol–water partition coefficient (Wildman–Crippen LogP) is 3.03. The van der Waals surface area contributed by atoms with Gasteiger partial charge in [-0.2, -0.15) is 13.2 Å². The minimum atomic E-state index is -4.52. The molecule has 0 bridgehead atoms. The first-order valence-electron chi connectivity index (χ1n) is 9.02. The third-order valence-corrected chi connectivity index (χ3v) is 4.59. The SMILES string of the molecule is CN=C(NCCOc1ncc(C(F)(F)F)cc1Cl)NC1CCN(CC(F)F)CC1. The zero-order valence-corrected chi connectivity index (χ0v) is 16.5. The highest BCUT2D eigenvalue weighted by Gasteiger charge is 2.31. The molecule has 0 amide bonds. The van der Waals surface area contributed by atoms with Crippen molar-refractivity contribution in [2.75, 3.05) is 39.8 Å². The Labute approximate surface area is 170 Å². The zero-order chi connectivity index (χ0) is 21.4. The summed E-state index contributed by atoms with van der Waals surface area (Å²) < 4.78 is 67.9. The van der Waals surface area contributed by atoms with Gasteiger partial charge >= 0.3 is 6.18 Å². The van der Waals surface area contributed by atoms with E-state index in [1.165, 1.54) is 0 Å². The maximum Gasteiger partial charge on any atom is 0.417 e. The van der Waals surface area contributed by atoms with Gasteiger partial charge in [0.15, 0.2) is 5.96 Å². The van der Waals surface area contributed by atoms with Gasteiger partial charge < -0.3 is 15.4 Å². The van der Waals surface area contributed by atoms with Crippen LogP contribution in [0.1, 0.15) is 18.4 Å². The summed E-state index contributed by atoms with van der Waals surface area (Å²) in [7, 11) is 1.59. The Hall–Kier alpha value is -1.88. The van der Waals surface area contributed by atoms with E-state index in [9.17, 15) is 22.0 Å². The van der Waals surface area contributed by atoms with Crippen LogP contribution in [0.25, 0.3) is 0 Å². The number of pyridine rings is 1. The lowest BCUT2D eigenvalue weighted by Crippen LogP contribution is -2.49. The quantitative estimate of drug-likeness (QED) is 0.293. The van der Waals surface area contributed by atoms with E-state index < -0.39 is 18.2 Å². The Morgan fingerprint density at radius 3 is 2.62 bits per heavy atom. The lowest BCUT2D eigenvalue weighted by Gasteiger charge is -2.32. The van der Waals surface area contributed by atoms with Crippen molar-refractivity contribution in [3.8, 4) is 5.88 Å². The van der Waals surface area contributed by atoms with E-state index in [0.29, 0.717) is 31.8 Å². The molecule has 12 heteroatoms. The van der Waals surface area contributed by atoms with Crippen molar-refractivity contribution in [1.82, 2.24) is 20.5 Å². The molecule has 0 atom stereocenters. The van der Waals surface area contributed by atoms with E-state index in [0.717, 1.165) is 18.9 Å². The number of halogens is 6. The zero-order valence-electron chi connectivity index (χ0n) is 15.8. The monoisotopic (exact) mass is 443 g/mol. The molecule has 0 unspecified atom stereocenters. The summed E-state index contributed by atoms with van der Waals surface area (Å²) in [6.07, 6.45) is -4.76. The van der Waals surface area contributed by atoms with Gasteiger partial charge in [-0.3, -0.25) is 9.89 Å². The van der Waals surface area contributed by atoms with Crippen molar-refractivity contribution in [1.29, 1.82) is 0 Å². The molecule has 0 radical (unpaired) electrons. The molecular formula is C17H23ClF5N5O. The fourth-order valence-electron chi connectivity index (χ4n) is 2.85. The highest BCUT2D eigenvalue weighted by atomic mass is 35.5. The summed E-state index contributed by atoms with van der Waals surface area (Å²) in [5.74, 6) is 0.434. The van der Waals surface area contributed by atoms with Crippen LogP contribution in [0.5, 0.6) is 5.88 Å². The Morgan fingerprint density at radius 1 is 1.38 bits per heavy atom. The van der Waals surface area contributed by atoms with Crippen LogP contribution in [-0.2, 0) is 6.18 Å². The van der Waals surface area contributed by atoms with Gasteiger partial charge in [0.1, 0.15) is 11.6 Å². The van der Waals surface area contributed by atoms with Gasteiger partial charge in [-0.1, -0.05) is 11.6 Å². The first kappa shape index (κ1) is 23.4. The van der Waals surface area contributed by atoms with E-state index in [2.05, 4.69) is 20.6 Å². The van der Waals surface area contributed by atoms with Gasteiger partial charge in [-0.25, -0.2) is 13.8 Å². The number of hydrogen-bond acceptors (Lipinski definition) is 4. The van der Waals surface area contributed by atoms with Crippen molar-refractivity contribution >= 4 is 17.6 Å². The van der Waals surface area contributed by atoms with Gasteiger partial charge in [0, 0.05) is 32.4 Å². The van der Waals surface area contributed by atoms with Crippen molar-refractivity contribution in [3.63, 3.8) is 0 Å². The van der Waals surface area contributed by atoms with Crippen LogP contribution >= 0.6 is 11.6 Å². The van der Waals surface area contributed by atoms with Gasteiger partial charge in [-0.15, -0.1) is 0 Å². The number of rotatable bonds is 7. The van der Waals surface area contributed by atoms with E-state index in [1.54, 1.807) is 11.9 Å². The summed E-state index contributed by atoms with van der Waals surface area (Å²) >= 11 is 5.78. The Balaban J connectivity index is 1.71. The predicted molar refractivity (Wildman–Crippen MR) is 99.7 cm³/mol. The molecule has 2 N–H and O–H groups in total. The molecule has 1 aromatic heterocycles. The highest BCUT2D eigenvalue weighted by Crippen LogP contribution is 2.32. The molecule has 2 heterocycles. The fourth-order valence-corrected chi connectivity index (χ4v) is 3.07. The van der Waals surface area contributed by atoms with E-state index >= 15 is 0 Å². The minimum absolute atomic E-state index is 0.0872. The van der Waals surface area contributed by atoms with Crippen molar-refractivity contribution in [2.24, 2.45) is 4.99 Å². The first-order chi connectivity index (χ1) is 13.7. The third kappa shape index (κ3) is 7.81. The van der Waals surface area contributed by atoms with Crippen molar-refractivity contribution < 1.29 is 26.7 Å². The molecule has 0 spiro atoms. The molecule has 1 fully saturated rings. The molecule has 0 saturated carbocycles. The number of ether oxygens (including phenoxy) is 1. The lowest BCUT2D eigenvalue weighted by molar-refractivity contribution is -0.137. The second kappa shape index (κ2) is 10.8. The van der Waals surface area contributed by atoms with Crippen molar-refractivity contribution in [3.05, 3.63) is 22.8 Å². The number of aliphatic imine (C=N–C) groups is 1. The van der Waals surface area contributed by atoms with E-state index in [-0.39, 0.29) is 30.1 Å².